The molecule has 1 atom stereocenters. The number of carbonyl (C=O) groups is 1. The van der Waals surface area contributed by atoms with Gasteiger partial charge in [-0.25, -0.2) is 0 Å². The second-order valence-electron chi connectivity index (χ2n) is 6.68. The molecule has 28 heavy (non-hydrogen) atoms. The number of amides is 1. The number of carbonyl (C=O) groups excluding carboxylic acids is 1. The van der Waals surface area contributed by atoms with E-state index in [-0.39, 0.29) is 12.5 Å². The van der Waals surface area contributed by atoms with Gasteiger partial charge in [-0.3, -0.25) is 4.79 Å². The number of benzene rings is 1. The highest BCUT2D eigenvalue weighted by atomic mass is 32.1. The van der Waals surface area contributed by atoms with E-state index in [1.807, 2.05) is 57.3 Å². The Morgan fingerprint density at radius 3 is 2.61 bits per heavy atom. The first-order valence-electron chi connectivity index (χ1n) is 9.40. The molecule has 7 heteroatoms. The minimum atomic E-state index is -0.555. The van der Waals surface area contributed by atoms with E-state index in [1.165, 1.54) is 0 Å². The number of hydrogen-bond donors (Lipinski definition) is 0. The molecule has 0 saturated heterocycles. The molecule has 0 aliphatic heterocycles. The van der Waals surface area contributed by atoms with Crippen molar-refractivity contribution in [3.8, 4) is 16.5 Å². The maximum Gasteiger partial charge on any atom is 0.264 e. The summed E-state index contributed by atoms with van der Waals surface area (Å²) < 4.78 is 11.4. The fourth-order valence-electron chi connectivity index (χ4n) is 3.01. The van der Waals surface area contributed by atoms with Crippen LogP contribution >= 0.6 is 11.3 Å². The van der Waals surface area contributed by atoms with Gasteiger partial charge in [-0.15, -0.1) is 11.3 Å². The van der Waals surface area contributed by atoms with E-state index < -0.39 is 6.10 Å². The first-order valence-corrected chi connectivity index (χ1v) is 10.3. The van der Waals surface area contributed by atoms with Crippen molar-refractivity contribution in [2.45, 2.75) is 46.8 Å². The Morgan fingerprint density at radius 1 is 1.25 bits per heavy atom. The van der Waals surface area contributed by atoms with Crippen LogP contribution in [0.15, 0.2) is 40.2 Å². The fourth-order valence-corrected chi connectivity index (χ4v) is 3.66. The third kappa shape index (κ3) is 4.78. The zero-order valence-corrected chi connectivity index (χ0v) is 17.5. The SMILES string of the molecule is CC[C@@H](Oc1cc(C)cc(C)c1)C(=O)N(CC)Cc1nc(-c2cccs2)no1. The van der Waals surface area contributed by atoms with Crippen LogP contribution in [0, 0.1) is 13.8 Å². The lowest BCUT2D eigenvalue weighted by Gasteiger charge is -2.25. The molecule has 0 saturated carbocycles. The molecule has 0 fully saturated rings. The zero-order valence-electron chi connectivity index (χ0n) is 16.6. The quantitative estimate of drug-likeness (QED) is 0.553. The average Bonchev–Trinajstić information content (AvgIpc) is 3.34. The van der Waals surface area contributed by atoms with Gasteiger partial charge >= 0.3 is 0 Å². The number of nitrogens with zero attached hydrogens (tertiary/aromatic N) is 3. The normalized spacial score (nSPS) is 12.0. The molecule has 3 aromatic rings. The van der Waals surface area contributed by atoms with Crippen LogP contribution in [0.2, 0.25) is 0 Å². The third-order valence-electron chi connectivity index (χ3n) is 4.35. The van der Waals surface area contributed by atoms with Gasteiger partial charge in [-0.2, -0.15) is 4.98 Å². The zero-order chi connectivity index (χ0) is 20.1. The highest BCUT2D eigenvalue weighted by Gasteiger charge is 2.25. The summed E-state index contributed by atoms with van der Waals surface area (Å²) in [7, 11) is 0. The van der Waals surface area contributed by atoms with Gasteiger partial charge in [0.2, 0.25) is 11.7 Å². The molecule has 1 aromatic carbocycles. The van der Waals surface area contributed by atoms with Gasteiger partial charge in [0.05, 0.1) is 4.88 Å². The van der Waals surface area contributed by atoms with E-state index >= 15 is 0 Å². The number of thiophene rings is 1. The topological polar surface area (TPSA) is 68.5 Å². The van der Waals surface area contributed by atoms with Gasteiger partial charge in [0.15, 0.2) is 6.10 Å². The lowest BCUT2D eigenvalue weighted by atomic mass is 10.1. The molecule has 0 N–H and O–H groups in total. The molecular formula is C21H25N3O3S. The van der Waals surface area contributed by atoms with Gasteiger partial charge in [0.25, 0.3) is 5.91 Å². The van der Waals surface area contributed by atoms with Crippen LogP contribution in [-0.2, 0) is 11.3 Å². The second-order valence-corrected chi connectivity index (χ2v) is 7.63. The highest BCUT2D eigenvalue weighted by Crippen LogP contribution is 2.22. The lowest BCUT2D eigenvalue weighted by molar-refractivity contribution is -0.139. The molecule has 3 rings (SSSR count). The molecule has 148 valence electrons. The average molecular weight is 400 g/mol. The first-order chi connectivity index (χ1) is 13.5. The summed E-state index contributed by atoms with van der Waals surface area (Å²) in [5, 5.41) is 5.97. The van der Waals surface area contributed by atoms with Crippen molar-refractivity contribution in [1.82, 2.24) is 15.0 Å². The molecular weight excluding hydrogens is 374 g/mol. The predicted octanol–water partition coefficient (Wildman–Crippen LogP) is 4.62. The molecule has 0 spiro atoms. The molecule has 0 unspecified atom stereocenters. The van der Waals surface area contributed by atoms with Crippen LogP contribution < -0.4 is 4.74 Å². The van der Waals surface area contributed by atoms with Crippen LogP contribution in [0.5, 0.6) is 5.75 Å². The lowest BCUT2D eigenvalue weighted by Crippen LogP contribution is -2.41. The Hall–Kier alpha value is -2.67. The van der Waals surface area contributed by atoms with E-state index in [9.17, 15) is 4.79 Å². The Kier molecular flexibility index (Phi) is 6.46. The molecule has 0 radical (unpaired) electrons. The Labute approximate surface area is 169 Å². The van der Waals surface area contributed by atoms with E-state index in [0.29, 0.717) is 30.4 Å². The van der Waals surface area contributed by atoms with Crippen molar-refractivity contribution in [2.24, 2.45) is 0 Å². The third-order valence-corrected chi connectivity index (χ3v) is 5.21. The van der Waals surface area contributed by atoms with Crippen molar-refractivity contribution in [3.05, 3.63) is 52.7 Å². The Morgan fingerprint density at radius 2 is 2.00 bits per heavy atom. The molecule has 1 amide bonds. The van der Waals surface area contributed by atoms with Gasteiger partial charge in [-0.1, -0.05) is 24.2 Å². The van der Waals surface area contributed by atoms with Crippen LogP contribution in [0.25, 0.3) is 10.7 Å². The summed E-state index contributed by atoms with van der Waals surface area (Å²) in [5.41, 5.74) is 2.22. The van der Waals surface area contributed by atoms with Gasteiger partial charge in [-0.05, 0) is 61.9 Å². The number of likely N-dealkylation sites (N-methyl/N-ethyl adjacent to an activating group) is 1. The summed E-state index contributed by atoms with van der Waals surface area (Å²) in [6, 6.07) is 9.85. The Balaban J connectivity index is 1.70. The number of rotatable bonds is 8. The largest absolute Gasteiger partial charge is 0.481 e. The highest BCUT2D eigenvalue weighted by molar-refractivity contribution is 7.13. The molecule has 2 heterocycles. The number of ether oxygens (including phenoxy) is 1. The number of hydrogen-bond acceptors (Lipinski definition) is 6. The van der Waals surface area contributed by atoms with E-state index in [0.717, 1.165) is 16.0 Å². The van der Waals surface area contributed by atoms with Crippen LogP contribution in [0.4, 0.5) is 0 Å². The van der Waals surface area contributed by atoms with Gasteiger partial charge < -0.3 is 14.2 Å². The summed E-state index contributed by atoms with van der Waals surface area (Å²) in [6.07, 6.45) is 0.0212. The van der Waals surface area contributed by atoms with Gasteiger partial charge in [0, 0.05) is 6.54 Å². The minimum absolute atomic E-state index is 0.0833. The molecule has 0 bridgehead atoms. The smallest absolute Gasteiger partial charge is 0.264 e. The van der Waals surface area contributed by atoms with Crippen molar-refractivity contribution in [3.63, 3.8) is 0 Å². The fraction of sp³-hybridized carbons (Fsp3) is 0.381. The minimum Gasteiger partial charge on any atom is -0.481 e. The van der Waals surface area contributed by atoms with E-state index in [1.54, 1.807) is 16.2 Å². The van der Waals surface area contributed by atoms with E-state index in [2.05, 4.69) is 16.2 Å². The monoisotopic (exact) mass is 399 g/mol. The first kappa shape index (κ1) is 20.1. The van der Waals surface area contributed by atoms with Crippen molar-refractivity contribution < 1.29 is 14.1 Å². The molecule has 2 aromatic heterocycles. The Bertz CT molecular complexity index is 901. The maximum absolute atomic E-state index is 13.0. The predicted molar refractivity (Wildman–Crippen MR) is 109 cm³/mol. The van der Waals surface area contributed by atoms with Crippen LogP contribution in [-0.4, -0.2) is 33.6 Å². The molecule has 0 aliphatic carbocycles. The summed E-state index contributed by atoms with van der Waals surface area (Å²) in [6.45, 7) is 8.70. The molecule has 6 nitrogen and oxygen atoms in total. The number of aromatic nitrogens is 2. The second kappa shape index (κ2) is 9.01. The van der Waals surface area contributed by atoms with Crippen LogP contribution in [0.1, 0.15) is 37.3 Å². The van der Waals surface area contributed by atoms with Crippen LogP contribution in [0.3, 0.4) is 0 Å². The van der Waals surface area contributed by atoms with Crippen molar-refractivity contribution in [2.75, 3.05) is 6.54 Å². The summed E-state index contributed by atoms with van der Waals surface area (Å²) >= 11 is 1.55. The standard InChI is InChI=1S/C21H25N3O3S/c1-5-17(26-16-11-14(3)10-15(4)12-16)21(25)24(6-2)13-19-22-20(23-27-19)18-8-7-9-28-18/h7-12,17H,5-6,13H2,1-4H3/t17-/m1/s1. The molecule has 0 aliphatic rings. The van der Waals surface area contributed by atoms with Crippen molar-refractivity contribution in [1.29, 1.82) is 0 Å². The van der Waals surface area contributed by atoms with Crippen molar-refractivity contribution >= 4 is 17.2 Å². The summed E-state index contributed by atoms with van der Waals surface area (Å²) in [4.78, 5) is 20.1. The number of aryl methyl sites for hydroxylation is 2. The maximum atomic E-state index is 13.0. The van der Waals surface area contributed by atoms with E-state index in [4.69, 9.17) is 9.26 Å². The van der Waals surface area contributed by atoms with Gasteiger partial charge in [0.1, 0.15) is 12.3 Å². The summed E-state index contributed by atoms with van der Waals surface area (Å²) in [5.74, 6) is 1.60.